The van der Waals surface area contributed by atoms with Gasteiger partial charge < -0.3 is 18.9 Å². The van der Waals surface area contributed by atoms with Crippen molar-refractivity contribution in [1.29, 1.82) is 0 Å². The van der Waals surface area contributed by atoms with Crippen LogP contribution in [0.1, 0.15) is 51.8 Å². The van der Waals surface area contributed by atoms with Gasteiger partial charge in [-0.25, -0.2) is 9.79 Å². The molecule has 4 rings (SSSR count). The number of fused-ring (bicyclic) bond motifs is 1. The number of ether oxygens (including phenoxy) is 4. The Kier molecular flexibility index (Phi) is 8.68. The van der Waals surface area contributed by atoms with Crippen molar-refractivity contribution in [2.45, 2.75) is 40.7 Å². The molecule has 0 N–H and O–H groups in total. The van der Waals surface area contributed by atoms with Gasteiger partial charge in [0.25, 0.3) is 5.56 Å². The van der Waals surface area contributed by atoms with Crippen molar-refractivity contribution >= 4 is 23.4 Å². The van der Waals surface area contributed by atoms with E-state index in [1.54, 1.807) is 24.5 Å². The van der Waals surface area contributed by atoms with Crippen LogP contribution < -0.4 is 29.1 Å². The van der Waals surface area contributed by atoms with Gasteiger partial charge in [-0.3, -0.25) is 9.36 Å². The Balaban J connectivity index is 1.90. The van der Waals surface area contributed by atoms with Crippen LogP contribution in [0.25, 0.3) is 6.08 Å². The van der Waals surface area contributed by atoms with E-state index in [1.807, 2.05) is 63.2 Å². The lowest BCUT2D eigenvalue weighted by molar-refractivity contribution is -0.139. The van der Waals surface area contributed by atoms with Crippen molar-refractivity contribution in [2.75, 3.05) is 26.4 Å². The minimum Gasteiger partial charge on any atom is -0.494 e. The summed E-state index contributed by atoms with van der Waals surface area (Å²) in [5.74, 6) is 1.40. The zero-order chi connectivity index (χ0) is 27.2. The Labute approximate surface area is 225 Å². The van der Waals surface area contributed by atoms with E-state index >= 15 is 0 Å². The van der Waals surface area contributed by atoms with Gasteiger partial charge in [-0.2, -0.15) is 0 Å². The summed E-state index contributed by atoms with van der Waals surface area (Å²) in [6.07, 6.45) is 1.82. The quantitative estimate of drug-likeness (QED) is 0.364. The molecule has 3 aromatic rings. The van der Waals surface area contributed by atoms with Crippen LogP contribution in [0.3, 0.4) is 0 Å². The average Bonchev–Trinajstić information content (AvgIpc) is 3.20. The molecule has 38 heavy (non-hydrogen) atoms. The third-order valence-corrected chi connectivity index (χ3v) is 6.87. The first-order chi connectivity index (χ1) is 18.4. The van der Waals surface area contributed by atoms with Crippen molar-refractivity contribution in [2.24, 2.45) is 4.99 Å². The summed E-state index contributed by atoms with van der Waals surface area (Å²) in [7, 11) is 0. The third kappa shape index (κ3) is 5.52. The van der Waals surface area contributed by atoms with Crippen LogP contribution >= 0.6 is 11.3 Å². The minimum atomic E-state index is -0.734. The lowest BCUT2D eigenvalue weighted by Gasteiger charge is -2.25. The number of hydrogen-bond acceptors (Lipinski definition) is 8. The molecule has 1 aliphatic heterocycles. The van der Waals surface area contributed by atoms with E-state index in [-0.39, 0.29) is 12.2 Å². The Morgan fingerprint density at radius 1 is 0.947 bits per heavy atom. The molecule has 2 heterocycles. The number of thiazole rings is 1. The summed E-state index contributed by atoms with van der Waals surface area (Å²) in [6, 6.07) is 12.3. The molecule has 1 aliphatic rings. The van der Waals surface area contributed by atoms with Crippen molar-refractivity contribution in [3.8, 4) is 17.2 Å². The van der Waals surface area contributed by atoms with Gasteiger partial charge in [-0.05, 0) is 76.1 Å². The number of benzene rings is 2. The highest BCUT2D eigenvalue weighted by Crippen LogP contribution is 2.36. The molecule has 0 spiro atoms. The SMILES string of the molecule is CCOC(=O)C1=C(C)N=c2s/c(=C\c3ccc(OCC)cc3)c(=O)n2C1c1ccc(OCC)c(OCC)c1. The summed E-state index contributed by atoms with van der Waals surface area (Å²) in [6.45, 7) is 10.9. The van der Waals surface area contributed by atoms with Crippen LogP contribution in [0, 0.1) is 0 Å². The maximum absolute atomic E-state index is 13.8. The molecule has 0 fully saturated rings. The maximum Gasteiger partial charge on any atom is 0.338 e. The van der Waals surface area contributed by atoms with E-state index in [1.165, 1.54) is 11.3 Å². The van der Waals surface area contributed by atoms with Gasteiger partial charge in [0.05, 0.1) is 48.3 Å². The fourth-order valence-electron chi connectivity index (χ4n) is 4.32. The molecule has 1 unspecified atom stereocenters. The van der Waals surface area contributed by atoms with Crippen LogP contribution in [-0.4, -0.2) is 37.0 Å². The van der Waals surface area contributed by atoms with E-state index in [0.717, 1.165) is 11.3 Å². The summed E-state index contributed by atoms with van der Waals surface area (Å²) in [4.78, 5) is 32.1. The molecule has 1 atom stereocenters. The van der Waals surface area contributed by atoms with Crippen LogP contribution in [0.4, 0.5) is 0 Å². The second-order valence-electron chi connectivity index (χ2n) is 8.38. The van der Waals surface area contributed by atoms with E-state index in [4.69, 9.17) is 18.9 Å². The van der Waals surface area contributed by atoms with Gasteiger partial charge in [0.1, 0.15) is 5.75 Å². The van der Waals surface area contributed by atoms with Crippen molar-refractivity contribution in [3.05, 3.63) is 84.5 Å². The molecular formula is C29H32N2O6S. The monoisotopic (exact) mass is 536 g/mol. The highest BCUT2D eigenvalue weighted by atomic mass is 32.1. The van der Waals surface area contributed by atoms with Gasteiger partial charge in [-0.1, -0.05) is 29.5 Å². The van der Waals surface area contributed by atoms with Gasteiger partial charge in [0.15, 0.2) is 16.3 Å². The van der Waals surface area contributed by atoms with Gasteiger partial charge in [-0.15, -0.1) is 0 Å². The molecular weight excluding hydrogens is 504 g/mol. The number of carbonyl (C=O) groups is 1. The summed E-state index contributed by atoms with van der Waals surface area (Å²) in [5.41, 5.74) is 2.14. The highest BCUT2D eigenvalue weighted by Gasteiger charge is 2.34. The lowest BCUT2D eigenvalue weighted by atomic mass is 9.95. The van der Waals surface area contributed by atoms with Crippen molar-refractivity contribution in [1.82, 2.24) is 4.57 Å². The first-order valence-corrected chi connectivity index (χ1v) is 13.5. The molecule has 0 aliphatic carbocycles. The molecule has 0 radical (unpaired) electrons. The Morgan fingerprint density at radius 2 is 1.63 bits per heavy atom. The summed E-state index contributed by atoms with van der Waals surface area (Å²) >= 11 is 1.28. The average molecular weight is 537 g/mol. The largest absolute Gasteiger partial charge is 0.494 e. The van der Waals surface area contributed by atoms with Gasteiger partial charge >= 0.3 is 5.97 Å². The fourth-order valence-corrected chi connectivity index (χ4v) is 5.37. The molecule has 200 valence electrons. The topological polar surface area (TPSA) is 88.4 Å². The number of rotatable bonds is 10. The van der Waals surface area contributed by atoms with E-state index in [0.29, 0.717) is 57.5 Å². The molecule has 0 saturated carbocycles. The highest BCUT2D eigenvalue weighted by molar-refractivity contribution is 7.07. The zero-order valence-electron chi connectivity index (χ0n) is 22.3. The van der Waals surface area contributed by atoms with Crippen LogP contribution in [0.15, 0.2) is 63.5 Å². The molecule has 1 aromatic heterocycles. The van der Waals surface area contributed by atoms with Gasteiger partial charge in [0.2, 0.25) is 0 Å². The van der Waals surface area contributed by atoms with E-state index in [2.05, 4.69) is 4.99 Å². The smallest absolute Gasteiger partial charge is 0.338 e. The van der Waals surface area contributed by atoms with Crippen LogP contribution in [0.5, 0.6) is 17.2 Å². The number of carbonyl (C=O) groups excluding carboxylic acids is 1. The Bertz CT molecular complexity index is 1520. The lowest BCUT2D eigenvalue weighted by Crippen LogP contribution is -2.40. The first kappa shape index (κ1) is 27.2. The number of allylic oxidation sites excluding steroid dienone is 1. The number of nitrogens with zero attached hydrogens (tertiary/aromatic N) is 2. The predicted octanol–water partition coefficient (Wildman–Crippen LogP) is 3.99. The number of esters is 1. The van der Waals surface area contributed by atoms with Crippen molar-refractivity contribution < 1.29 is 23.7 Å². The van der Waals surface area contributed by atoms with Crippen molar-refractivity contribution in [3.63, 3.8) is 0 Å². The summed E-state index contributed by atoms with van der Waals surface area (Å²) < 4.78 is 24.5. The number of hydrogen-bond donors (Lipinski definition) is 0. The van der Waals surface area contributed by atoms with Crippen LogP contribution in [-0.2, 0) is 9.53 Å². The normalized spacial score (nSPS) is 15.1. The molecule has 0 bridgehead atoms. The third-order valence-electron chi connectivity index (χ3n) is 5.89. The number of aromatic nitrogens is 1. The minimum absolute atomic E-state index is 0.206. The van der Waals surface area contributed by atoms with Gasteiger partial charge in [0, 0.05) is 0 Å². The van der Waals surface area contributed by atoms with E-state index < -0.39 is 12.0 Å². The molecule has 0 saturated heterocycles. The maximum atomic E-state index is 13.8. The first-order valence-electron chi connectivity index (χ1n) is 12.7. The second-order valence-corrected chi connectivity index (χ2v) is 9.39. The summed E-state index contributed by atoms with van der Waals surface area (Å²) in [5, 5.41) is 0. The zero-order valence-corrected chi connectivity index (χ0v) is 23.1. The second kappa shape index (κ2) is 12.1. The predicted molar refractivity (Wildman–Crippen MR) is 147 cm³/mol. The molecule has 9 heteroatoms. The Morgan fingerprint density at radius 3 is 2.29 bits per heavy atom. The molecule has 0 amide bonds. The fraction of sp³-hybridized carbons (Fsp3) is 0.345. The molecule has 2 aromatic carbocycles. The Hall–Kier alpha value is -3.85. The van der Waals surface area contributed by atoms with E-state index in [9.17, 15) is 9.59 Å². The van der Waals surface area contributed by atoms with Crippen LogP contribution in [0.2, 0.25) is 0 Å². The molecule has 8 nitrogen and oxygen atoms in total. The standard InChI is InChI=1S/C29H32N2O6S/c1-6-34-21-13-10-19(11-14-21)16-24-27(32)31-26(20-12-15-22(35-7-2)23(17-20)36-8-3)25(28(33)37-9-4)18(5)30-29(31)38-24/h10-17,26H,6-9H2,1-5H3/b24-16-.